The first-order chi connectivity index (χ1) is 9.88. The smallest absolute Gasteiger partial charge is 0.255 e. The van der Waals surface area contributed by atoms with Crippen LogP contribution in [-0.4, -0.2) is 20.9 Å². The monoisotopic (exact) mass is 304 g/mol. The number of hydrogen-bond acceptors (Lipinski definition) is 5. The summed E-state index contributed by atoms with van der Waals surface area (Å²) in [6.07, 6.45) is 1.60. The molecular weight excluding hydrogens is 284 g/mol. The highest BCUT2D eigenvalue weighted by Gasteiger charge is 2.16. The molecule has 6 heteroatoms. The number of thiazole rings is 1. The molecule has 2 aromatic rings. The highest BCUT2D eigenvalue weighted by Crippen LogP contribution is 2.18. The Hall–Kier alpha value is -1.82. The second-order valence-electron chi connectivity index (χ2n) is 5.30. The molecule has 112 valence electrons. The number of rotatable bonds is 4. The lowest BCUT2D eigenvalue weighted by molar-refractivity contribution is 0.0948. The Kier molecular flexibility index (Phi) is 4.67. The van der Waals surface area contributed by atoms with Gasteiger partial charge in [0, 0.05) is 11.1 Å². The zero-order valence-corrected chi connectivity index (χ0v) is 13.8. The van der Waals surface area contributed by atoms with Crippen LogP contribution in [-0.2, 0) is 6.54 Å². The minimum Gasteiger partial charge on any atom is -0.345 e. The Balaban J connectivity index is 2.13. The van der Waals surface area contributed by atoms with Crippen LogP contribution in [0.1, 0.15) is 57.2 Å². The van der Waals surface area contributed by atoms with Crippen LogP contribution in [0.3, 0.4) is 0 Å². The molecule has 0 unspecified atom stereocenters. The molecule has 0 spiro atoms. The van der Waals surface area contributed by atoms with Gasteiger partial charge in [0.2, 0.25) is 0 Å². The van der Waals surface area contributed by atoms with Crippen molar-refractivity contribution in [2.75, 3.05) is 0 Å². The van der Waals surface area contributed by atoms with Crippen LogP contribution in [0.5, 0.6) is 0 Å². The molecule has 5 nitrogen and oxygen atoms in total. The van der Waals surface area contributed by atoms with Gasteiger partial charge >= 0.3 is 0 Å². The number of aromatic nitrogens is 3. The van der Waals surface area contributed by atoms with Crippen LogP contribution in [0.15, 0.2) is 6.20 Å². The van der Waals surface area contributed by atoms with Gasteiger partial charge in [0.15, 0.2) is 0 Å². The topological polar surface area (TPSA) is 67.8 Å². The number of nitrogens with zero attached hydrogens (tertiary/aromatic N) is 3. The van der Waals surface area contributed by atoms with E-state index in [0.29, 0.717) is 17.9 Å². The van der Waals surface area contributed by atoms with Gasteiger partial charge < -0.3 is 5.32 Å². The fourth-order valence-electron chi connectivity index (χ4n) is 1.97. The molecule has 1 N–H and O–H groups in total. The van der Waals surface area contributed by atoms with Gasteiger partial charge in [0.05, 0.1) is 23.5 Å². The first-order valence-electron chi connectivity index (χ1n) is 6.93. The third kappa shape index (κ3) is 3.64. The maximum Gasteiger partial charge on any atom is 0.255 e. The number of aryl methyl sites for hydroxylation is 3. The van der Waals surface area contributed by atoms with E-state index in [0.717, 1.165) is 16.4 Å². The van der Waals surface area contributed by atoms with Crippen molar-refractivity contribution in [1.29, 1.82) is 0 Å². The predicted molar refractivity (Wildman–Crippen MR) is 83.6 cm³/mol. The van der Waals surface area contributed by atoms with Crippen LogP contribution in [0.25, 0.3) is 0 Å². The Labute approximate surface area is 128 Å². The molecule has 1 amide bonds. The van der Waals surface area contributed by atoms with Gasteiger partial charge in [-0.1, -0.05) is 13.8 Å². The summed E-state index contributed by atoms with van der Waals surface area (Å²) in [7, 11) is 0. The number of hydrogen-bond donors (Lipinski definition) is 1. The summed E-state index contributed by atoms with van der Waals surface area (Å²) in [5.41, 5.74) is 2.35. The molecule has 0 aliphatic heterocycles. The van der Waals surface area contributed by atoms with Gasteiger partial charge in [-0.05, 0) is 26.7 Å². The van der Waals surface area contributed by atoms with Crippen LogP contribution in [0, 0.1) is 20.8 Å². The first kappa shape index (κ1) is 15.6. The van der Waals surface area contributed by atoms with Crippen molar-refractivity contribution in [1.82, 2.24) is 20.3 Å². The van der Waals surface area contributed by atoms with Crippen LogP contribution in [0.2, 0.25) is 0 Å². The third-order valence-electron chi connectivity index (χ3n) is 3.20. The molecule has 0 aliphatic rings. The van der Waals surface area contributed by atoms with Gasteiger partial charge in [0.1, 0.15) is 10.8 Å². The quantitative estimate of drug-likeness (QED) is 0.943. The van der Waals surface area contributed by atoms with E-state index in [-0.39, 0.29) is 11.8 Å². The summed E-state index contributed by atoms with van der Waals surface area (Å²) in [6, 6.07) is 0. The maximum atomic E-state index is 12.3. The largest absolute Gasteiger partial charge is 0.345 e. The van der Waals surface area contributed by atoms with E-state index in [1.165, 1.54) is 4.88 Å². The molecule has 0 fully saturated rings. The maximum absolute atomic E-state index is 12.3. The van der Waals surface area contributed by atoms with E-state index in [1.807, 2.05) is 34.6 Å². The predicted octanol–water partition coefficient (Wildman–Crippen LogP) is 2.91. The van der Waals surface area contributed by atoms with Crippen molar-refractivity contribution in [3.63, 3.8) is 0 Å². The van der Waals surface area contributed by atoms with Crippen molar-refractivity contribution in [2.24, 2.45) is 0 Å². The van der Waals surface area contributed by atoms with Crippen molar-refractivity contribution in [2.45, 2.75) is 47.1 Å². The van der Waals surface area contributed by atoms with Gasteiger partial charge in [-0.25, -0.2) is 15.0 Å². The number of nitrogens with one attached hydrogen (secondary N) is 1. The van der Waals surface area contributed by atoms with Crippen LogP contribution >= 0.6 is 11.3 Å². The van der Waals surface area contributed by atoms with Crippen LogP contribution < -0.4 is 5.32 Å². The van der Waals surface area contributed by atoms with E-state index < -0.39 is 0 Å². The third-order valence-corrected chi connectivity index (χ3v) is 4.28. The lowest BCUT2D eigenvalue weighted by Crippen LogP contribution is -2.25. The molecule has 2 aromatic heterocycles. The molecule has 21 heavy (non-hydrogen) atoms. The van der Waals surface area contributed by atoms with Crippen molar-refractivity contribution in [3.8, 4) is 0 Å². The highest BCUT2D eigenvalue weighted by molar-refractivity contribution is 7.11. The molecular formula is C15H20N4OS. The van der Waals surface area contributed by atoms with Gasteiger partial charge in [0.25, 0.3) is 5.91 Å². The molecule has 0 saturated heterocycles. The molecule has 0 saturated carbocycles. The van der Waals surface area contributed by atoms with Gasteiger partial charge in [-0.3, -0.25) is 4.79 Å². The Morgan fingerprint density at radius 2 is 2.00 bits per heavy atom. The van der Waals surface area contributed by atoms with Gasteiger partial charge in [-0.15, -0.1) is 11.3 Å². The average Bonchev–Trinajstić information content (AvgIpc) is 2.75. The summed E-state index contributed by atoms with van der Waals surface area (Å²) in [5.74, 6) is 0.711. The molecule has 0 aromatic carbocycles. The molecule has 0 atom stereocenters. The second kappa shape index (κ2) is 6.30. The molecule has 2 heterocycles. The van der Waals surface area contributed by atoms with Crippen molar-refractivity contribution < 1.29 is 4.79 Å². The summed E-state index contributed by atoms with van der Waals surface area (Å²) in [6.45, 7) is 10.3. The van der Waals surface area contributed by atoms with E-state index in [9.17, 15) is 4.79 Å². The van der Waals surface area contributed by atoms with E-state index in [4.69, 9.17) is 0 Å². The normalized spacial score (nSPS) is 11.0. The van der Waals surface area contributed by atoms with E-state index >= 15 is 0 Å². The molecule has 2 rings (SSSR count). The fourth-order valence-corrected chi connectivity index (χ4v) is 2.84. The summed E-state index contributed by atoms with van der Waals surface area (Å²) < 4.78 is 0. The average molecular weight is 304 g/mol. The molecule has 0 radical (unpaired) electrons. The minimum absolute atomic E-state index is 0.149. The number of carbonyl (C=O) groups excluding carboxylic acids is 1. The fraction of sp³-hybridized carbons (Fsp3) is 0.467. The Bertz CT molecular complexity index is 644. The second-order valence-corrected chi connectivity index (χ2v) is 6.59. The van der Waals surface area contributed by atoms with Crippen LogP contribution in [0.4, 0.5) is 0 Å². The zero-order chi connectivity index (χ0) is 15.6. The minimum atomic E-state index is -0.149. The van der Waals surface area contributed by atoms with E-state index in [1.54, 1.807) is 17.5 Å². The lowest BCUT2D eigenvalue weighted by Gasteiger charge is -2.11. The lowest BCUT2D eigenvalue weighted by atomic mass is 10.0. The summed E-state index contributed by atoms with van der Waals surface area (Å²) >= 11 is 1.61. The number of carbonyl (C=O) groups is 1. The molecule has 0 aliphatic carbocycles. The Morgan fingerprint density at radius 1 is 1.29 bits per heavy atom. The standard InChI is InChI=1S/C15H20N4OS/c1-8(2)14-12(6-16-11(5)19-14)15(20)17-7-13-18-9(3)10(4)21-13/h6,8H,7H2,1-5H3,(H,17,20). The Morgan fingerprint density at radius 3 is 2.57 bits per heavy atom. The van der Waals surface area contributed by atoms with Crippen molar-refractivity contribution >= 4 is 17.2 Å². The summed E-state index contributed by atoms with van der Waals surface area (Å²) in [4.78, 5) is 26.4. The summed E-state index contributed by atoms with van der Waals surface area (Å²) in [5, 5.41) is 3.81. The highest BCUT2D eigenvalue weighted by atomic mass is 32.1. The van der Waals surface area contributed by atoms with Gasteiger partial charge in [-0.2, -0.15) is 0 Å². The van der Waals surface area contributed by atoms with Crippen molar-refractivity contribution in [3.05, 3.63) is 38.9 Å². The van der Waals surface area contributed by atoms with E-state index in [2.05, 4.69) is 20.3 Å². The molecule has 0 bridgehead atoms. The first-order valence-corrected chi connectivity index (χ1v) is 7.74. The SMILES string of the molecule is Cc1ncc(C(=O)NCc2nc(C)c(C)s2)c(C(C)C)n1. The zero-order valence-electron chi connectivity index (χ0n) is 13.0. The number of amides is 1.